The summed E-state index contributed by atoms with van der Waals surface area (Å²) in [4.78, 5) is 11.2. The van der Waals surface area contributed by atoms with E-state index in [2.05, 4.69) is 5.32 Å². The van der Waals surface area contributed by atoms with Crippen LogP contribution in [0.3, 0.4) is 0 Å². The number of carbonyl (C=O) groups is 1. The normalized spacial score (nSPS) is 24.9. The number of carbonyl (C=O) groups excluding carboxylic acids is 1. The van der Waals surface area contributed by atoms with Gasteiger partial charge in [-0.05, 0) is 25.2 Å². The highest BCUT2D eigenvalue weighted by Crippen LogP contribution is 2.24. The quantitative estimate of drug-likeness (QED) is 0.666. The Morgan fingerprint density at radius 2 is 2.06 bits per heavy atom. The van der Waals surface area contributed by atoms with Gasteiger partial charge in [-0.2, -0.15) is 13.2 Å². The molecule has 1 rings (SSSR count). The number of amides is 1. The van der Waals surface area contributed by atoms with E-state index < -0.39 is 18.6 Å². The van der Waals surface area contributed by atoms with Crippen LogP contribution in [-0.2, 0) is 4.79 Å². The highest BCUT2D eigenvalue weighted by molar-refractivity contribution is 5.77. The molecule has 0 aromatic heterocycles. The molecule has 100 valence electrons. The van der Waals surface area contributed by atoms with Crippen molar-refractivity contribution in [2.75, 3.05) is 19.6 Å². The first kappa shape index (κ1) is 14.2. The van der Waals surface area contributed by atoms with Crippen LogP contribution in [0.4, 0.5) is 13.2 Å². The van der Waals surface area contributed by atoms with Gasteiger partial charge >= 0.3 is 6.18 Å². The number of rotatable bonds is 5. The maximum Gasteiger partial charge on any atom is 0.401 e. The van der Waals surface area contributed by atoms with Gasteiger partial charge in [0.1, 0.15) is 0 Å². The maximum atomic E-state index is 11.8. The van der Waals surface area contributed by atoms with Crippen molar-refractivity contribution in [1.82, 2.24) is 10.6 Å². The van der Waals surface area contributed by atoms with Crippen LogP contribution in [0.5, 0.6) is 0 Å². The molecule has 1 aliphatic carbocycles. The van der Waals surface area contributed by atoms with E-state index in [1.54, 1.807) is 0 Å². The summed E-state index contributed by atoms with van der Waals surface area (Å²) in [5.74, 6) is -0.216. The lowest BCUT2D eigenvalue weighted by atomic mass is 10.1. The van der Waals surface area contributed by atoms with Crippen LogP contribution >= 0.6 is 0 Å². The second-order valence-electron chi connectivity index (χ2n) is 4.36. The third-order valence-corrected chi connectivity index (χ3v) is 2.71. The Morgan fingerprint density at radius 1 is 1.35 bits per heavy atom. The number of hydrogen-bond acceptors (Lipinski definition) is 3. The third-order valence-electron chi connectivity index (χ3n) is 2.71. The molecule has 1 fully saturated rings. The standard InChI is InChI=1S/C10H17F3N2O2/c11-10(12,13)6-14-5-9(17)15-4-7-1-2-8(16)3-7/h7-8,14,16H,1-6H2,(H,15,17). The molecule has 17 heavy (non-hydrogen) atoms. The molecule has 1 saturated carbocycles. The van der Waals surface area contributed by atoms with Crippen molar-refractivity contribution in [2.45, 2.75) is 31.5 Å². The van der Waals surface area contributed by atoms with E-state index in [1.165, 1.54) is 0 Å². The minimum absolute atomic E-state index is 0.233. The molecule has 7 heteroatoms. The number of nitrogens with one attached hydrogen (secondary N) is 2. The summed E-state index contributed by atoms with van der Waals surface area (Å²) in [6.07, 6.45) is -2.38. The average molecular weight is 254 g/mol. The van der Waals surface area contributed by atoms with E-state index >= 15 is 0 Å². The molecule has 2 atom stereocenters. The van der Waals surface area contributed by atoms with Gasteiger partial charge in [0, 0.05) is 6.54 Å². The minimum atomic E-state index is -4.30. The first-order valence-electron chi connectivity index (χ1n) is 5.59. The molecule has 1 amide bonds. The van der Waals surface area contributed by atoms with E-state index in [9.17, 15) is 23.1 Å². The second kappa shape index (κ2) is 6.20. The Morgan fingerprint density at radius 3 is 2.59 bits per heavy atom. The fourth-order valence-electron chi connectivity index (χ4n) is 1.87. The summed E-state index contributed by atoms with van der Waals surface area (Å²) >= 11 is 0. The van der Waals surface area contributed by atoms with Crippen molar-refractivity contribution in [2.24, 2.45) is 5.92 Å². The molecule has 0 bridgehead atoms. The molecule has 0 saturated heterocycles. The van der Waals surface area contributed by atoms with E-state index in [-0.39, 0.29) is 18.6 Å². The fraction of sp³-hybridized carbons (Fsp3) is 0.900. The molecular formula is C10H17F3N2O2. The predicted molar refractivity (Wildman–Crippen MR) is 55.3 cm³/mol. The SMILES string of the molecule is O=C(CNCC(F)(F)F)NCC1CCC(O)C1. The average Bonchev–Trinajstić information content (AvgIpc) is 2.59. The molecule has 0 aromatic carbocycles. The number of alkyl halides is 3. The zero-order valence-corrected chi connectivity index (χ0v) is 9.39. The van der Waals surface area contributed by atoms with Crippen LogP contribution in [0.1, 0.15) is 19.3 Å². The summed E-state index contributed by atoms with van der Waals surface area (Å²) in [7, 11) is 0. The van der Waals surface area contributed by atoms with E-state index in [0.717, 1.165) is 12.8 Å². The summed E-state index contributed by atoms with van der Waals surface area (Å²) < 4.78 is 35.3. The lowest BCUT2D eigenvalue weighted by molar-refractivity contribution is -0.128. The number of hydrogen-bond donors (Lipinski definition) is 3. The molecule has 0 aromatic rings. The van der Waals surface area contributed by atoms with Gasteiger partial charge in [0.25, 0.3) is 0 Å². The number of halogens is 3. The van der Waals surface area contributed by atoms with Crippen molar-refractivity contribution in [3.63, 3.8) is 0 Å². The highest BCUT2D eigenvalue weighted by atomic mass is 19.4. The van der Waals surface area contributed by atoms with Gasteiger partial charge < -0.3 is 15.7 Å². The summed E-state index contributed by atoms with van der Waals surface area (Å²) in [5, 5.41) is 13.8. The molecule has 0 heterocycles. The Bertz CT molecular complexity index is 258. The van der Waals surface area contributed by atoms with Gasteiger partial charge in [0.05, 0.1) is 19.2 Å². The van der Waals surface area contributed by atoms with Gasteiger partial charge in [0.2, 0.25) is 5.91 Å². The summed E-state index contributed by atoms with van der Waals surface area (Å²) in [5.41, 5.74) is 0. The van der Waals surface area contributed by atoms with Crippen molar-refractivity contribution in [3.8, 4) is 0 Å². The number of aliphatic hydroxyl groups excluding tert-OH is 1. The van der Waals surface area contributed by atoms with Crippen molar-refractivity contribution in [1.29, 1.82) is 0 Å². The molecule has 2 unspecified atom stereocenters. The van der Waals surface area contributed by atoms with Crippen molar-refractivity contribution < 1.29 is 23.1 Å². The van der Waals surface area contributed by atoms with Gasteiger partial charge in [-0.15, -0.1) is 0 Å². The smallest absolute Gasteiger partial charge is 0.393 e. The van der Waals surface area contributed by atoms with Crippen molar-refractivity contribution in [3.05, 3.63) is 0 Å². The Hall–Kier alpha value is -0.820. The first-order valence-corrected chi connectivity index (χ1v) is 5.59. The zero-order chi connectivity index (χ0) is 12.9. The van der Waals surface area contributed by atoms with E-state index in [4.69, 9.17) is 0 Å². The van der Waals surface area contributed by atoms with E-state index in [0.29, 0.717) is 13.0 Å². The largest absolute Gasteiger partial charge is 0.401 e. The lowest BCUT2D eigenvalue weighted by Gasteiger charge is -2.12. The maximum absolute atomic E-state index is 11.8. The monoisotopic (exact) mass is 254 g/mol. The molecule has 0 radical (unpaired) electrons. The molecule has 3 N–H and O–H groups in total. The van der Waals surface area contributed by atoms with Crippen LogP contribution in [0.25, 0.3) is 0 Å². The Kier molecular flexibility index (Phi) is 5.20. The van der Waals surface area contributed by atoms with E-state index in [1.807, 2.05) is 5.32 Å². The first-order chi connectivity index (χ1) is 7.87. The van der Waals surface area contributed by atoms with Crippen LogP contribution in [-0.4, -0.2) is 42.9 Å². The van der Waals surface area contributed by atoms with Crippen LogP contribution in [0.15, 0.2) is 0 Å². The van der Waals surface area contributed by atoms with Crippen molar-refractivity contribution >= 4 is 5.91 Å². The van der Waals surface area contributed by atoms with Gasteiger partial charge in [0.15, 0.2) is 0 Å². The third kappa shape index (κ3) is 6.48. The number of aliphatic hydroxyl groups is 1. The second-order valence-corrected chi connectivity index (χ2v) is 4.36. The van der Waals surface area contributed by atoms with Crippen LogP contribution in [0.2, 0.25) is 0 Å². The van der Waals surface area contributed by atoms with Crippen LogP contribution in [0, 0.1) is 5.92 Å². The minimum Gasteiger partial charge on any atom is -0.393 e. The lowest BCUT2D eigenvalue weighted by Crippen LogP contribution is -2.39. The molecule has 0 aliphatic heterocycles. The predicted octanol–water partition coefficient (Wildman–Crippen LogP) is 0.415. The fourth-order valence-corrected chi connectivity index (χ4v) is 1.87. The summed E-state index contributed by atoms with van der Waals surface area (Å²) in [6.45, 7) is -1.08. The van der Waals surface area contributed by atoms with Gasteiger partial charge in [-0.1, -0.05) is 0 Å². The van der Waals surface area contributed by atoms with Gasteiger partial charge in [-0.3, -0.25) is 4.79 Å². The zero-order valence-electron chi connectivity index (χ0n) is 9.39. The Balaban J connectivity index is 2.05. The van der Waals surface area contributed by atoms with Crippen LogP contribution < -0.4 is 10.6 Å². The molecule has 1 aliphatic rings. The Labute approximate surface area is 97.6 Å². The van der Waals surface area contributed by atoms with Gasteiger partial charge in [-0.25, -0.2) is 0 Å². The molecule has 0 spiro atoms. The molecule has 4 nitrogen and oxygen atoms in total. The molecular weight excluding hydrogens is 237 g/mol. The highest BCUT2D eigenvalue weighted by Gasteiger charge is 2.27. The summed E-state index contributed by atoms with van der Waals surface area (Å²) in [6, 6.07) is 0. The topological polar surface area (TPSA) is 61.4 Å².